The lowest BCUT2D eigenvalue weighted by Crippen LogP contribution is -2.43. The van der Waals surface area contributed by atoms with E-state index in [4.69, 9.17) is 15.0 Å². The summed E-state index contributed by atoms with van der Waals surface area (Å²) in [6.07, 6.45) is 0. The maximum absolute atomic E-state index is 9.67. The molecule has 0 unspecified atom stereocenters. The minimum atomic E-state index is -0.642. The zero-order chi connectivity index (χ0) is 42.4. The van der Waals surface area contributed by atoms with Crippen molar-refractivity contribution >= 4 is 0 Å². The standard InChI is InChI=1S/C60H36N4/c61-37-38-17-14-20-40(35-38)41-21-15-22-42(36-41)57-62-56(39-18-2-1-3-19-39)63-58(64-57)46-26-16-34-54-55(46)45-25-6-9-29-49(45)60(54)52-32-12-10-30-50(52)59(51-31-11-13-33-53(51)60)47-27-7-4-23-43(47)44-24-5-8-28-48(44)59/h1-36H. The van der Waals surface area contributed by atoms with Gasteiger partial charge >= 0.3 is 0 Å². The zero-order valence-corrected chi connectivity index (χ0v) is 34.6. The van der Waals surface area contributed by atoms with Crippen molar-refractivity contribution in [2.24, 2.45) is 0 Å². The van der Waals surface area contributed by atoms with Crippen LogP contribution in [0.25, 0.3) is 67.5 Å². The number of nitrogens with zero attached hydrogens (tertiary/aromatic N) is 4. The van der Waals surface area contributed by atoms with Crippen LogP contribution in [0.3, 0.4) is 0 Å². The quantitative estimate of drug-likeness (QED) is 0.178. The van der Waals surface area contributed by atoms with E-state index in [1.165, 1.54) is 61.2 Å². The number of benzene rings is 9. The zero-order valence-electron chi connectivity index (χ0n) is 34.6. The summed E-state index contributed by atoms with van der Waals surface area (Å²) in [6, 6.07) is 80.4. The van der Waals surface area contributed by atoms with Crippen molar-refractivity contribution in [3.05, 3.63) is 268 Å². The Kier molecular flexibility index (Phi) is 7.77. The maximum Gasteiger partial charge on any atom is 0.164 e. The van der Waals surface area contributed by atoms with Crippen LogP contribution in [0.5, 0.6) is 0 Å². The molecule has 296 valence electrons. The molecule has 1 aromatic heterocycles. The first kappa shape index (κ1) is 36.2. The van der Waals surface area contributed by atoms with E-state index >= 15 is 0 Å². The van der Waals surface area contributed by atoms with Gasteiger partial charge < -0.3 is 0 Å². The van der Waals surface area contributed by atoms with Crippen molar-refractivity contribution in [1.29, 1.82) is 5.26 Å². The van der Waals surface area contributed by atoms with Gasteiger partial charge in [-0.15, -0.1) is 0 Å². The van der Waals surface area contributed by atoms with E-state index in [9.17, 15) is 5.26 Å². The average molecular weight is 813 g/mol. The van der Waals surface area contributed by atoms with E-state index in [1.807, 2.05) is 48.5 Å². The number of nitriles is 1. The number of aromatic nitrogens is 3. The van der Waals surface area contributed by atoms with E-state index in [1.54, 1.807) is 0 Å². The predicted molar refractivity (Wildman–Crippen MR) is 254 cm³/mol. The van der Waals surface area contributed by atoms with Gasteiger partial charge in [0.15, 0.2) is 17.5 Å². The van der Waals surface area contributed by atoms with Crippen LogP contribution in [0.4, 0.5) is 0 Å². The van der Waals surface area contributed by atoms with E-state index in [2.05, 4.69) is 176 Å². The van der Waals surface area contributed by atoms with Crippen molar-refractivity contribution in [2.45, 2.75) is 10.8 Å². The SMILES string of the molecule is N#Cc1cccc(-c2cccc(-c3nc(-c4ccccc4)nc(-c4cccc5c4-c4ccccc4C54c5ccccc5C5(c6ccccc6-c6ccccc65)c5ccccc54)n3)c2)c1. The van der Waals surface area contributed by atoms with Gasteiger partial charge in [-0.3, -0.25) is 0 Å². The summed E-state index contributed by atoms with van der Waals surface area (Å²) in [4.78, 5) is 15.9. The lowest BCUT2D eigenvalue weighted by atomic mass is 9.52. The number of hydrogen-bond acceptors (Lipinski definition) is 4. The van der Waals surface area contributed by atoms with Gasteiger partial charge in [-0.05, 0) is 96.1 Å². The molecule has 0 atom stereocenters. The largest absolute Gasteiger partial charge is 0.208 e. The van der Waals surface area contributed by atoms with E-state index in [0.717, 1.165) is 33.4 Å². The van der Waals surface area contributed by atoms with Crippen LogP contribution in [0.2, 0.25) is 0 Å². The number of rotatable bonds is 4. The summed E-state index contributed by atoms with van der Waals surface area (Å²) in [5, 5.41) is 9.67. The summed E-state index contributed by atoms with van der Waals surface area (Å²) in [7, 11) is 0. The lowest BCUT2D eigenvalue weighted by molar-refractivity contribution is 0.633. The molecule has 1 heterocycles. The van der Waals surface area contributed by atoms with Crippen LogP contribution < -0.4 is 0 Å². The lowest BCUT2D eigenvalue weighted by Gasteiger charge is -2.48. The van der Waals surface area contributed by atoms with Crippen molar-refractivity contribution < 1.29 is 0 Å². The molecule has 4 heteroatoms. The molecule has 10 aromatic rings. The summed E-state index contributed by atoms with van der Waals surface area (Å²) in [6.45, 7) is 0. The molecule has 64 heavy (non-hydrogen) atoms. The van der Waals surface area contributed by atoms with Crippen molar-refractivity contribution in [1.82, 2.24) is 15.0 Å². The Morgan fingerprint density at radius 2 is 0.688 bits per heavy atom. The maximum atomic E-state index is 9.67. The van der Waals surface area contributed by atoms with Gasteiger partial charge in [0, 0.05) is 16.7 Å². The first-order valence-corrected chi connectivity index (χ1v) is 21.7. The highest BCUT2D eigenvalue weighted by molar-refractivity contribution is 5.97. The van der Waals surface area contributed by atoms with E-state index < -0.39 is 10.8 Å². The van der Waals surface area contributed by atoms with E-state index in [0.29, 0.717) is 23.0 Å². The van der Waals surface area contributed by atoms with Crippen LogP contribution in [0.1, 0.15) is 50.1 Å². The van der Waals surface area contributed by atoms with Crippen LogP contribution in [0.15, 0.2) is 218 Å². The minimum absolute atomic E-state index is 0.515. The molecule has 2 spiro atoms. The Hall–Kier alpha value is -8.52. The third-order valence-electron chi connectivity index (χ3n) is 13.8. The van der Waals surface area contributed by atoms with Gasteiger partial charge in [0.25, 0.3) is 0 Å². The first-order valence-electron chi connectivity index (χ1n) is 21.7. The molecule has 0 fully saturated rings. The molecular formula is C60H36N4. The second kappa shape index (κ2) is 13.7. The van der Waals surface area contributed by atoms with Crippen LogP contribution in [-0.2, 0) is 10.8 Å². The van der Waals surface area contributed by atoms with Crippen LogP contribution in [0, 0.1) is 11.3 Å². The minimum Gasteiger partial charge on any atom is -0.208 e. The number of fused-ring (bicyclic) bond motifs is 16. The first-order chi connectivity index (χ1) is 31.7. The van der Waals surface area contributed by atoms with Gasteiger partial charge in [0.05, 0.1) is 22.5 Å². The van der Waals surface area contributed by atoms with Crippen LogP contribution >= 0.6 is 0 Å². The highest BCUT2D eigenvalue weighted by Gasteiger charge is 2.59. The fourth-order valence-corrected chi connectivity index (χ4v) is 11.4. The molecule has 0 saturated heterocycles. The fraction of sp³-hybridized carbons (Fsp3) is 0.0333. The van der Waals surface area contributed by atoms with E-state index in [-0.39, 0.29) is 0 Å². The molecule has 0 radical (unpaired) electrons. The predicted octanol–water partition coefficient (Wildman–Crippen LogP) is 13.5. The molecular weight excluding hydrogens is 777 g/mol. The van der Waals surface area contributed by atoms with Crippen molar-refractivity contribution in [3.63, 3.8) is 0 Å². The molecule has 13 rings (SSSR count). The topological polar surface area (TPSA) is 62.5 Å². The third kappa shape index (κ3) is 4.84. The van der Waals surface area contributed by atoms with Crippen molar-refractivity contribution in [3.8, 4) is 73.6 Å². The molecule has 0 aliphatic heterocycles. The Balaban J connectivity index is 1.08. The van der Waals surface area contributed by atoms with Gasteiger partial charge in [-0.25, -0.2) is 15.0 Å². The average Bonchev–Trinajstić information content (AvgIpc) is 3.84. The molecule has 3 aliphatic carbocycles. The Bertz CT molecular complexity index is 3500. The fourth-order valence-electron chi connectivity index (χ4n) is 11.4. The Morgan fingerprint density at radius 3 is 1.30 bits per heavy atom. The monoisotopic (exact) mass is 812 g/mol. The molecule has 0 amide bonds. The second-order valence-electron chi connectivity index (χ2n) is 16.9. The highest BCUT2D eigenvalue weighted by Crippen LogP contribution is 2.67. The summed E-state index contributed by atoms with van der Waals surface area (Å²) < 4.78 is 0. The highest BCUT2D eigenvalue weighted by atomic mass is 15.0. The Morgan fingerprint density at radius 1 is 0.297 bits per heavy atom. The summed E-state index contributed by atoms with van der Waals surface area (Å²) in [5.74, 6) is 1.79. The normalized spacial score (nSPS) is 13.9. The summed E-state index contributed by atoms with van der Waals surface area (Å²) >= 11 is 0. The van der Waals surface area contributed by atoms with Gasteiger partial charge in [-0.2, -0.15) is 5.26 Å². The molecule has 0 bridgehead atoms. The van der Waals surface area contributed by atoms with Gasteiger partial charge in [-0.1, -0.05) is 200 Å². The molecule has 0 saturated carbocycles. The third-order valence-corrected chi connectivity index (χ3v) is 13.8. The summed E-state index contributed by atoms with van der Waals surface area (Å²) in [5.41, 5.74) is 19.2. The molecule has 9 aromatic carbocycles. The molecule has 0 N–H and O–H groups in total. The van der Waals surface area contributed by atoms with Gasteiger partial charge in [0.2, 0.25) is 0 Å². The second-order valence-corrected chi connectivity index (χ2v) is 16.9. The number of hydrogen-bond donors (Lipinski definition) is 0. The smallest absolute Gasteiger partial charge is 0.164 e. The Labute approximate surface area is 371 Å². The molecule has 3 aliphatic rings. The molecule has 4 nitrogen and oxygen atoms in total. The van der Waals surface area contributed by atoms with Gasteiger partial charge in [0.1, 0.15) is 0 Å². The van der Waals surface area contributed by atoms with Crippen LogP contribution in [-0.4, -0.2) is 15.0 Å². The van der Waals surface area contributed by atoms with Crippen molar-refractivity contribution in [2.75, 3.05) is 0 Å².